The van der Waals surface area contributed by atoms with Crippen LogP contribution in [0.3, 0.4) is 0 Å². The molecule has 0 radical (unpaired) electrons. The number of halogens is 4. The van der Waals surface area contributed by atoms with Crippen LogP contribution >= 0.6 is 11.6 Å². The largest absolute Gasteiger partial charge is 0.461 e. The second-order valence-electron chi connectivity index (χ2n) is 12.7. The van der Waals surface area contributed by atoms with Gasteiger partial charge in [-0.3, -0.25) is 9.69 Å². The van der Waals surface area contributed by atoms with Gasteiger partial charge in [-0.2, -0.15) is 9.97 Å². The second kappa shape index (κ2) is 10.6. The summed E-state index contributed by atoms with van der Waals surface area (Å²) < 4.78 is 49.0. The molecule has 1 amide bonds. The van der Waals surface area contributed by atoms with Crippen LogP contribution in [0.5, 0.6) is 6.01 Å². The Morgan fingerprint density at radius 1 is 1.11 bits per heavy atom. The molecule has 11 heteroatoms. The molecule has 4 fully saturated rings. The van der Waals surface area contributed by atoms with Crippen molar-refractivity contribution in [1.29, 1.82) is 0 Å². The molecular formula is C34H31ClF3N5O2. The first-order chi connectivity index (χ1) is 21.7. The molecule has 4 atom stereocenters. The van der Waals surface area contributed by atoms with Crippen molar-refractivity contribution in [1.82, 2.24) is 19.8 Å². The van der Waals surface area contributed by atoms with Gasteiger partial charge in [0.25, 0.3) is 5.91 Å². The van der Waals surface area contributed by atoms with Crippen molar-refractivity contribution in [2.24, 2.45) is 0 Å². The van der Waals surface area contributed by atoms with E-state index in [2.05, 4.69) is 16.4 Å². The molecule has 1 aromatic heterocycles. The molecule has 4 aliphatic rings. The van der Waals surface area contributed by atoms with E-state index >= 15 is 0 Å². The van der Waals surface area contributed by atoms with Gasteiger partial charge in [-0.1, -0.05) is 48.5 Å². The number of hydrogen-bond acceptors (Lipinski definition) is 6. The summed E-state index contributed by atoms with van der Waals surface area (Å²) in [6, 6.07) is 14.6. The predicted octanol–water partition coefficient (Wildman–Crippen LogP) is 6.47. The first-order valence-electron chi connectivity index (χ1n) is 15.4. The molecule has 4 aliphatic heterocycles. The van der Waals surface area contributed by atoms with E-state index in [1.165, 1.54) is 6.07 Å². The van der Waals surface area contributed by atoms with Crippen LogP contribution in [0.25, 0.3) is 32.8 Å². The summed E-state index contributed by atoms with van der Waals surface area (Å²) in [7, 11) is 0. The van der Waals surface area contributed by atoms with Gasteiger partial charge in [0, 0.05) is 36.8 Å². The summed E-state index contributed by atoms with van der Waals surface area (Å²) >= 11 is 6.47. The lowest BCUT2D eigenvalue weighted by Crippen LogP contribution is -2.63. The number of carbonyl (C=O) groups excluding carboxylic acids is 1. The maximum Gasteiger partial charge on any atom is 0.319 e. The van der Waals surface area contributed by atoms with Gasteiger partial charge in [0.1, 0.15) is 24.4 Å². The first kappa shape index (κ1) is 28.6. The molecule has 4 aromatic rings. The van der Waals surface area contributed by atoms with Crippen LogP contribution < -0.4 is 9.64 Å². The molecule has 0 bridgehead atoms. The highest BCUT2D eigenvalue weighted by Gasteiger charge is 2.51. The molecule has 0 aliphatic carbocycles. The second-order valence-corrected chi connectivity index (χ2v) is 13.0. The summed E-state index contributed by atoms with van der Waals surface area (Å²) in [5, 5.41) is 2.27. The minimum absolute atomic E-state index is 0.0372. The summed E-state index contributed by atoms with van der Waals surface area (Å²) in [6.07, 6.45) is 2.06. The summed E-state index contributed by atoms with van der Waals surface area (Å²) in [4.78, 5) is 27.9. The maximum absolute atomic E-state index is 14.5. The Bertz CT molecular complexity index is 1890. The van der Waals surface area contributed by atoms with Crippen LogP contribution in [-0.2, 0) is 4.79 Å². The Kier molecular flexibility index (Phi) is 6.73. The third-order valence-corrected chi connectivity index (χ3v) is 10.6. The fourth-order valence-corrected chi connectivity index (χ4v) is 8.29. The van der Waals surface area contributed by atoms with E-state index in [4.69, 9.17) is 26.3 Å². The van der Waals surface area contributed by atoms with Gasteiger partial charge in [0.2, 0.25) is 0 Å². The van der Waals surface area contributed by atoms with Crippen molar-refractivity contribution in [2.45, 2.75) is 49.5 Å². The highest BCUT2D eigenvalue weighted by atomic mass is 35.5. The van der Waals surface area contributed by atoms with Crippen LogP contribution in [0.4, 0.5) is 19.0 Å². The van der Waals surface area contributed by atoms with Crippen LogP contribution in [0.15, 0.2) is 60.9 Å². The van der Waals surface area contributed by atoms with E-state index in [1.54, 1.807) is 11.0 Å². The Morgan fingerprint density at radius 2 is 1.98 bits per heavy atom. The van der Waals surface area contributed by atoms with E-state index in [0.717, 1.165) is 41.3 Å². The average Bonchev–Trinajstić information content (AvgIpc) is 3.66. The number of alkyl halides is 1. The molecule has 8 rings (SSSR count). The lowest BCUT2D eigenvalue weighted by atomic mass is 9.95. The summed E-state index contributed by atoms with van der Waals surface area (Å²) in [6.45, 7) is 5.66. The zero-order valence-corrected chi connectivity index (χ0v) is 25.2. The smallest absolute Gasteiger partial charge is 0.319 e. The minimum atomic E-state index is -0.957. The number of nitrogens with zero attached hydrogens (tertiary/aromatic N) is 5. The number of amides is 1. The molecule has 232 valence electrons. The van der Waals surface area contributed by atoms with Gasteiger partial charge in [0.05, 0.1) is 28.2 Å². The van der Waals surface area contributed by atoms with Crippen molar-refractivity contribution in [3.8, 4) is 17.1 Å². The van der Waals surface area contributed by atoms with Crippen LogP contribution in [0, 0.1) is 5.82 Å². The van der Waals surface area contributed by atoms with Gasteiger partial charge in [-0.05, 0) is 60.5 Å². The van der Waals surface area contributed by atoms with Crippen LogP contribution in [0.2, 0.25) is 5.02 Å². The van der Waals surface area contributed by atoms with Gasteiger partial charge in [-0.15, -0.1) is 0 Å². The molecular weight excluding hydrogens is 603 g/mol. The molecule has 7 nitrogen and oxygen atoms in total. The SMILES string of the molecule is C=C(F)C(=O)N1CC[C@@H]2[C@H]1CN2c1nc(OCC23CCCN2C[C@H](F)C3)nc2cc(-c3cccc4ccc(F)c(Cl)c34)ccc12. The molecule has 5 heterocycles. The minimum Gasteiger partial charge on any atom is -0.461 e. The van der Waals surface area contributed by atoms with E-state index < -0.39 is 23.7 Å². The van der Waals surface area contributed by atoms with Crippen molar-refractivity contribution in [3.05, 3.63) is 71.8 Å². The zero-order valence-electron chi connectivity index (χ0n) is 24.5. The number of likely N-dealkylation sites (tertiary alicyclic amines) is 1. The Hall–Kier alpha value is -3.89. The Labute approximate surface area is 263 Å². The number of aromatic nitrogens is 2. The highest BCUT2D eigenvalue weighted by molar-refractivity contribution is 6.36. The van der Waals surface area contributed by atoms with Crippen LogP contribution in [-0.4, -0.2) is 82.3 Å². The van der Waals surface area contributed by atoms with Gasteiger partial charge >= 0.3 is 6.01 Å². The van der Waals surface area contributed by atoms with Crippen molar-refractivity contribution in [2.75, 3.05) is 37.7 Å². The number of anilines is 1. The topological polar surface area (TPSA) is 61.8 Å². The van der Waals surface area contributed by atoms with Crippen LogP contribution in [0.1, 0.15) is 25.7 Å². The predicted molar refractivity (Wildman–Crippen MR) is 167 cm³/mol. The van der Waals surface area contributed by atoms with Crippen molar-refractivity contribution in [3.63, 3.8) is 0 Å². The first-order valence-corrected chi connectivity index (χ1v) is 15.7. The molecule has 0 saturated carbocycles. The fourth-order valence-electron chi connectivity index (χ4n) is 8.01. The number of rotatable bonds is 6. The lowest BCUT2D eigenvalue weighted by Gasteiger charge is -2.47. The summed E-state index contributed by atoms with van der Waals surface area (Å²) in [5.74, 6) is -1.46. The number of carbonyl (C=O) groups is 1. The fraction of sp³-hybridized carbons (Fsp3) is 0.382. The zero-order chi connectivity index (χ0) is 31.0. The number of ether oxygens (including phenoxy) is 1. The molecule has 0 N–H and O–H groups in total. The number of benzene rings is 3. The lowest BCUT2D eigenvalue weighted by molar-refractivity contribution is -0.130. The maximum atomic E-state index is 14.5. The normalized spacial score (nSPS) is 25.9. The highest BCUT2D eigenvalue weighted by Crippen LogP contribution is 2.43. The molecule has 0 spiro atoms. The standard InChI is InChI=1S/C34H31ClF3N5O2/c1-19(36)32(44)42-13-10-27-28(42)17-43(27)31-24-8-6-21(23-5-2-4-20-7-9-25(38)30(35)29(20)23)14-26(24)39-33(40-31)45-18-34-11-3-12-41(34)16-22(37)15-34/h2,4-9,14,22,27-28H,1,3,10-13,15-18H2/t22-,27-,28-,34?/m1/s1. The molecule has 3 aromatic carbocycles. The van der Waals surface area contributed by atoms with E-state index in [-0.39, 0.29) is 35.3 Å². The third-order valence-electron chi connectivity index (χ3n) is 10.2. The molecule has 4 saturated heterocycles. The number of hydrogen-bond donors (Lipinski definition) is 0. The quantitative estimate of drug-likeness (QED) is 0.227. The van der Waals surface area contributed by atoms with E-state index in [9.17, 15) is 18.0 Å². The molecule has 45 heavy (non-hydrogen) atoms. The van der Waals surface area contributed by atoms with Crippen molar-refractivity contribution < 1.29 is 22.7 Å². The molecule has 1 unspecified atom stereocenters. The number of fused-ring (bicyclic) bond motifs is 4. The van der Waals surface area contributed by atoms with Gasteiger partial charge < -0.3 is 14.5 Å². The van der Waals surface area contributed by atoms with Gasteiger partial charge in [-0.25, -0.2) is 13.2 Å². The summed E-state index contributed by atoms with van der Waals surface area (Å²) in [5.41, 5.74) is 1.82. The Balaban J connectivity index is 1.19. The Morgan fingerprint density at radius 3 is 2.82 bits per heavy atom. The van der Waals surface area contributed by atoms with Crippen molar-refractivity contribution >= 4 is 45.0 Å². The van der Waals surface area contributed by atoms with E-state index in [0.29, 0.717) is 49.2 Å². The monoisotopic (exact) mass is 633 g/mol. The van der Waals surface area contributed by atoms with E-state index in [1.807, 2.05) is 36.4 Å². The third kappa shape index (κ3) is 4.55. The van der Waals surface area contributed by atoms with Gasteiger partial charge in [0.15, 0.2) is 5.83 Å². The average molecular weight is 634 g/mol.